The van der Waals surface area contributed by atoms with Gasteiger partial charge in [0.25, 0.3) is 11.8 Å². The molecule has 2 N–H and O–H groups in total. The van der Waals surface area contributed by atoms with Crippen molar-refractivity contribution in [1.29, 1.82) is 10.5 Å². The van der Waals surface area contributed by atoms with Crippen LogP contribution in [0.4, 0.5) is 5.00 Å². The van der Waals surface area contributed by atoms with E-state index in [0.29, 0.717) is 37.8 Å². The molecule has 33 heavy (non-hydrogen) atoms. The molecular weight excluding hydrogens is 458 g/mol. The summed E-state index contributed by atoms with van der Waals surface area (Å²) in [5.74, 6) is -0.783. The third-order valence-corrected chi connectivity index (χ3v) is 7.12. The van der Waals surface area contributed by atoms with Crippen molar-refractivity contribution in [2.75, 3.05) is 0 Å². The number of carbonyl (C=O) groups excluding carboxylic acids is 2. The van der Waals surface area contributed by atoms with Crippen molar-refractivity contribution in [3.8, 4) is 12.1 Å². The number of halogens is 1. The molecule has 0 saturated heterocycles. The fourth-order valence-corrected chi connectivity index (χ4v) is 5.32. The summed E-state index contributed by atoms with van der Waals surface area (Å²) in [6, 6.07) is 16.4. The van der Waals surface area contributed by atoms with Crippen molar-refractivity contribution in [1.82, 2.24) is 4.90 Å². The van der Waals surface area contributed by atoms with Crippen LogP contribution in [0, 0.1) is 28.1 Å². The lowest BCUT2D eigenvalue weighted by Gasteiger charge is -2.32. The molecule has 2 aliphatic rings. The summed E-state index contributed by atoms with van der Waals surface area (Å²) in [5, 5.41) is 22.9. The maximum Gasteiger partial charge on any atom is 0.261 e. The van der Waals surface area contributed by atoms with Crippen LogP contribution in [-0.4, -0.2) is 22.4 Å². The molecule has 5 rings (SSSR count). The minimum Gasteiger partial charge on any atom is -0.321 e. The van der Waals surface area contributed by atoms with Crippen LogP contribution in [0.1, 0.15) is 43.4 Å². The Labute approximate surface area is 198 Å². The molecule has 1 atom stereocenters. The van der Waals surface area contributed by atoms with E-state index in [1.165, 1.54) is 11.3 Å². The smallest absolute Gasteiger partial charge is 0.261 e. The van der Waals surface area contributed by atoms with Gasteiger partial charge in [0.15, 0.2) is 0 Å². The van der Waals surface area contributed by atoms with E-state index >= 15 is 0 Å². The molecule has 3 heterocycles. The number of hydrogen-bond acceptors (Lipinski definition) is 7. The number of amides is 2. The van der Waals surface area contributed by atoms with Crippen LogP contribution < -0.4 is 5.73 Å². The normalized spacial score (nSPS) is 18.2. The number of nitriles is 2. The average Bonchev–Trinajstić information content (AvgIpc) is 3.35. The molecule has 0 aliphatic carbocycles. The number of nitrogens with two attached hydrogens (primary N) is 1. The van der Waals surface area contributed by atoms with Gasteiger partial charge < -0.3 is 5.73 Å². The Bertz CT molecular complexity index is 1400. The largest absolute Gasteiger partial charge is 0.321 e. The first-order valence-electron chi connectivity index (χ1n) is 9.90. The van der Waals surface area contributed by atoms with Crippen LogP contribution in [0.2, 0.25) is 5.02 Å². The van der Waals surface area contributed by atoms with Crippen LogP contribution >= 0.6 is 22.9 Å². The third-order valence-electron chi connectivity index (χ3n) is 5.93. The van der Waals surface area contributed by atoms with Gasteiger partial charge in [-0.15, -0.1) is 11.3 Å². The number of fused-ring (bicyclic) bond motifs is 2. The van der Waals surface area contributed by atoms with Crippen LogP contribution in [-0.2, 0) is 6.54 Å². The fourth-order valence-electron chi connectivity index (χ4n) is 4.21. The average molecular weight is 472 g/mol. The van der Waals surface area contributed by atoms with Crippen molar-refractivity contribution in [2.24, 2.45) is 16.1 Å². The summed E-state index contributed by atoms with van der Waals surface area (Å²) in [4.78, 5) is 31.4. The number of thiophene rings is 1. The molecule has 0 spiro atoms. The highest BCUT2D eigenvalue weighted by Gasteiger charge is 2.49. The molecule has 2 aromatic carbocycles. The van der Waals surface area contributed by atoms with Crippen molar-refractivity contribution in [2.45, 2.75) is 12.6 Å². The van der Waals surface area contributed by atoms with E-state index in [0.717, 1.165) is 4.90 Å². The highest BCUT2D eigenvalue weighted by atomic mass is 35.5. The summed E-state index contributed by atoms with van der Waals surface area (Å²) in [6.45, 7) is -0.0232. The van der Waals surface area contributed by atoms with Gasteiger partial charge in [-0.25, -0.2) is 4.99 Å². The predicted octanol–water partition coefficient (Wildman–Crippen LogP) is 4.37. The van der Waals surface area contributed by atoms with Crippen LogP contribution in [0.3, 0.4) is 0 Å². The number of carbonyl (C=O) groups is 2. The molecule has 1 aromatic heterocycles. The van der Waals surface area contributed by atoms with E-state index in [4.69, 9.17) is 17.3 Å². The molecular formula is C24H14ClN5O2S. The van der Waals surface area contributed by atoms with Crippen molar-refractivity contribution in [3.63, 3.8) is 0 Å². The van der Waals surface area contributed by atoms with Crippen LogP contribution in [0.5, 0.6) is 0 Å². The predicted molar refractivity (Wildman–Crippen MR) is 123 cm³/mol. The minimum absolute atomic E-state index is 0.0232. The quantitative estimate of drug-likeness (QED) is 0.568. The number of benzene rings is 2. The summed E-state index contributed by atoms with van der Waals surface area (Å²) in [7, 11) is 0. The molecule has 0 bridgehead atoms. The van der Waals surface area contributed by atoms with E-state index in [9.17, 15) is 20.1 Å². The zero-order valence-electron chi connectivity index (χ0n) is 16.9. The molecule has 7 nitrogen and oxygen atoms in total. The van der Waals surface area contributed by atoms with Gasteiger partial charge in [-0.2, -0.15) is 10.5 Å². The maximum absolute atomic E-state index is 12.8. The van der Waals surface area contributed by atoms with Gasteiger partial charge >= 0.3 is 0 Å². The Kier molecular flexibility index (Phi) is 4.88. The molecule has 3 aromatic rings. The molecule has 9 heteroatoms. The first kappa shape index (κ1) is 21.0. The summed E-state index contributed by atoms with van der Waals surface area (Å²) in [5.41, 5.74) is 7.39. The Morgan fingerprint density at radius 1 is 1.06 bits per heavy atom. The standard InChI is InChI=1S/C24H14ClN5O2S/c25-15-7-5-13(6-8-15)20-24(11-26,12-27)19(28)18-14(10-33-21(18)29-20)9-30-22(31)16-3-1-2-4-17(16)23(30)32/h1-8,10,19H,9,28H2. The summed E-state index contributed by atoms with van der Waals surface area (Å²) >= 11 is 7.28. The van der Waals surface area contributed by atoms with Crippen LogP contribution in [0.15, 0.2) is 58.9 Å². The third kappa shape index (κ3) is 3.00. The number of aliphatic imine (C=N–C) groups is 1. The highest BCUT2D eigenvalue weighted by molar-refractivity contribution is 7.14. The van der Waals surface area contributed by atoms with Gasteiger partial charge in [0, 0.05) is 10.6 Å². The zero-order valence-corrected chi connectivity index (χ0v) is 18.5. The SMILES string of the molecule is N#CC1(C#N)C(c2ccc(Cl)cc2)=Nc2scc(CN3C(=O)c4ccccc4C3=O)c2C1N. The first-order valence-corrected chi connectivity index (χ1v) is 11.2. The van der Waals surface area contributed by atoms with E-state index in [1.807, 2.05) is 0 Å². The van der Waals surface area contributed by atoms with E-state index < -0.39 is 23.3 Å². The Morgan fingerprint density at radius 2 is 1.67 bits per heavy atom. The Morgan fingerprint density at radius 3 is 2.24 bits per heavy atom. The molecule has 160 valence electrons. The first-order chi connectivity index (χ1) is 15.9. The second kappa shape index (κ2) is 7.65. The second-order valence-electron chi connectivity index (χ2n) is 7.70. The lowest BCUT2D eigenvalue weighted by Crippen LogP contribution is -2.42. The van der Waals surface area contributed by atoms with Gasteiger partial charge in [-0.1, -0.05) is 35.9 Å². The monoisotopic (exact) mass is 471 g/mol. The minimum atomic E-state index is -1.75. The van der Waals surface area contributed by atoms with Crippen molar-refractivity contribution >= 4 is 45.5 Å². The second-order valence-corrected chi connectivity index (χ2v) is 8.99. The van der Waals surface area contributed by atoms with Gasteiger partial charge in [0.2, 0.25) is 5.41 Å². The van der Waals surface area contributed by atoms with Crippen molar-refractivity contribution < 1.29 is 9.59 Å². The van der Waals surface area contributed by atoms with Gasteiger partial charge in [0.05, 0.1) is 41.6 Å². The molecule has 0 fully saturated rings. The van der Waals surface area contributed by atoms with E-state index in [-0.39, 0.29) is 12.3 Å². The van der Waals surface area contributed by atoms with Gasteiger partial charge in [-0.05, 0) is 40.8 Å². The number of rotatable bonds is 3. The topological polar surface area (TPSA) is 123 Å². The lowest BCUT2D eigenvalue weighted by molar-refractivity contribution is 0.0642. The number of imide groups is 1. The molecule has 2 aliphatic heterocycles. The Balaban J connectivity index is 1.59. The Hall–Kier alpha value is -3.82. The molecule has 1 unspecified atom stereocenters. The zero-order chi connectivity index (χ0) is 23.3. The van der Waals surface area contributed by atoms with Gasteiger partial charge in [0.1, 0.15) is 5.00 Å². The lowest BCUT2D eigenvalue weighted by atomic mass is 9.71. The molecule has 0 radical (unpaired) electrons. The number of hydrogen-bond donors (Lipinski definition) is 1. The van der Waals surface area contributed by atoms with Crippen LogP contribution in [0.25, 0.3) is 0 Å². The van der Waals surface area contributed by atoms with E-state index in [1.54, 1.807) is 53.9 Å². The van der Waals surface area contributed by atoms with Gasteiger partial charge in [-0.3, -0.25) is 14.5 Å². The molecule has 0 saturated carbocycles. The fraction of sp³-hybridized carbons (Fsp3) is 0.125. The summed E-state index contributed by atoms with van der Waals surface area (Å²) < 4.78 is 0. The summed E-state index contributed by atoms with van der Waals surface area (Å²) in [6.07, 6.45) is 0. The maximum atomic E-state index is 12.8. The highest BCUT2D eigenvalue weighted by Crippen LogP contribution is 2.49. The van der Waals surface area contributed by atoms with E-state index in [2.05, 4.69) is 17.1 Å². The number of nitrogens with zero attached hydrogens (tertiary/aromatic N) is 4. The van der Waals surface area contributed by atoms with Crippen molar-refractivity contribution in [3.05, 3.63) is 86.8 Å². The molecule has 2 amide bonds.